The standard InChI is InChI=1S/C19H23N3O4S/c1-12-17(19(24)22-10-4-5-11-22)18(13(2)20-12)27(25,26)21-16-8-6-15(7-9-16)14(3)23/h6-9,20-21H,4-5,10-11H2,1-3H3. The third-order valence-electron chi connectivity index (χ3n) is 4.74. The number of carbonyl (C=O) groups is 2. The molecule has 144 valence electrons. The summed E-state index contributed by atoms with van der Waals surface area (Å²) in [7, 11) is -3.98. The molecule has 0 unspecified atom stereocenters. The predicted octanol–water partition coefficient (Wildman–Crippen LogP) is 2.87. The van der Waals surface area contributed by atoms with E-state index in [1.54, 1.807) is 30.9 Å². The fraction of sp³-hybridized carbons (Fsp3) is 0.368. The Morgan fingerprint density at radius 2 is 1.63 bits per heavy atom. The maximum Gasteiger partial charge on any atom is 0.264 e. The van der Waals surface area contributed by atoms with Gasteiger partial charge in [0.15, 0.2) is 5.78 Å². The third-order valence-corrected chi connectivity index (χ3v) is 6.29. The Morgan fingerprint density at radius 1 is 1.04 bits per heavy atom. The van der Waals surface area contributed by atoms with E-state index in [0.29, 0.717) is 35.7 Å². The maximum atomic E-state index is 13.0. The molecule has 0 atom stereocenters. The number of nitrogens with zero attached hydrogens (tertiary/aromatic N) is 1. The molecule has 0 saturated carbocycles. The first kappa shape index (κ1) is 19.2. The normalized spacial score (nSPS) is 14.4. The predicted molar refractivity (Wildman–Crippen MR) is 103 cm³/mol. The van der Waals surface area contributed by atoms with Crippen molar-refractivity contribution >= 4 is 27.4 Å². The largest absolute Gasteiger partial charge is 0.361 e. The van der Waals surface area contributed by atoms with Gasteiger partial charge >= 0.3 is 0 Å². The van der Waals surface area contributed by atoms with Gasteiger partial charge in [0, 0.05) is 35.7 Å². The van der Waals surface area contributed by atoms with Crippen molar-refractivity contribution in [2.75, 3.05) is 17.8 Å². The minimum absolute atomic E-state index is 0.0208. The third kappa shape index (κ3) is 3.75. The molecular weight excluding hydrogens is 366 g/mol. The first-order chi connectivity index (χ1) is 12.7. The number of benzene rings is 1. The van der Waals surface area contributed by atoms with E-state index in [1.165, 1.54) is 19.1 Å². The van der Waals surface area contributed by atoms with Crippen LogP contribution in [0, 0.1) is 13.8 Å². The molecule has 2 N–H and O–H groups in total. The molecule has 1 aliphatic heterocycles. The molecule has 1 saturated heterocycles. The molecular formula is C19H23N3O4S. The van der Waals surface area contributed by atoms with Crippen molar-refractivity contribution in [3.63, 3.8) is 0 Å². The summed E-state index contributed by atoms with van der Waals surface area (Å²) in [6, 6.07) is 6.19. The SMILES string of the molecule is CC(=O)c1ccc(NS(=O)(=O)c2c(C)[nH]c(C)c2C(=O)N2CCCC2)cc1. The zero-order valence-electron chi connectivity index (χ0n) is 15.6. The fourth-order valence-corrected chi connectivity index (χ4v) is 4.92. The summed E-state index contributed by atoms with van der Waals surface area (Å²) in [6.07, 6.45) is 1.86. The van der Waals surface area contributed by atoms with Crippen LogP contribution in [0.2, 0.25) is 0 Å². The molecule has 0 aliphatic carbocycles. The molecule has 0 spiro atoms. The van der Waals surface area contributed by atoms with Crippen LogP contribution in [0.25, 0.3) is 0 Å². The second kappa shape index (κ2) is 7.19. The number of H-pyrrole nitrogens is 1. The summed E-state index contributed by atoms with van der Waals surface area (Å²) in [6.45, 7) is 6.07. The minimum atomic E-state index is -3.98. The Labute approximate surface area is 158 Å². The topological polar surface area (TPSA) is 99.3 Å². The second-order valence-corrected chi connectivity index (χ2v) is 8.44. The van der Waals surface area contributed by atoms with Gasteiger partial charge in [-0.2, -0.15) is 0 Å². The summed E-state index contributed by atoms with van der Waals surface area (Å²) in [4.78, 5) is 28.9. The number of carbonyl (C=O) groups excluding carboxylic acids is 2. The van der Waals surface area contributed by atoms with Gasteiger partial charge in [0.1, 0.15) is 4.90 Å². The Kier molecular flexibility index (Phi) is 5.10. The highest BCUT2D eigenvalue weighted by atomic mass is 32.2. The van der Waals surface area contributed by atoms with E-state index in [-0.39, 0.29) is 22.1 Å². The lowest BCUT2D eigenvalue weighted by Crippen LogP contribution is -2.29. The molecule has 3 rings (SSSR count). The number of aromatic amines is 1. The molecule has 0 bridgehead atoms. The monoisotopic (exact) mass is 389 g/mol. The number of sulfonamides is 1. The first-order valence-corrected chi connectivity index (χ1v) is 10.3. The Morgan fingerprint density at radius 3 is 2.19 bits per heavy atom. The van der Waals surface area contributed by atoms with Crippen LogP contribution in [-0.4, -0.2) is 43.1 Å². The van der Waals surface area contributed by atoms with E-state index in [9.17, 15) is 18.0 Å². The molecule has 2 aromatic rings. The highest BCUT2D eigenvalue weighted by Gasteiger charge is 2.32. The molecule has 27 heavy (non-hydrogen) atoms. The molecule has 1 aromatic heterocycles. The summed E-state index contributed by atoms with van der Waals surface area (Å²) < 4.78 is 28.6. The molecule has 8 heteroatoms. The molecule has 1 amide bonds. The molecule has 0 radical (unpaired) electrons. The Balaban J connectivity index is 1.96. The highest BCUT2D eigenvalue weighted by Crippen LogP contribution is 2.28. The van der Waals surface area contributed by atoms with Crippen molar-refractivity contribution in [1.82, 2.24) is 9.88 Å². The van der Waals surface area contributed by atoms with Crippen LogP contribution in [-0.2, 0) is 10.0 Å². The number of nitrogens with one attached hydrogen (secondary N) is 2. The summed E-state index contributed by atoms with van der Waals surface area (Å²) in [5, 5.41) is 0. The number of amides is 1. The number of anilines is 1. The number of hydrogen-bond acceptors (Lipinski definition) is 4. The summed E-state index contributed by atoms with van der Waals surface area (Å²) >= 11 is 0. The van der Waals surface area contributed by atoms with Crippen molar-refractivity contribution in [2.24, 2.45) is 0 Å². The highest BCUT2D eigenvalue weighted by molar-refractivity contribution is 7.92. The van der Waals surface area contributed by atoms with Crippen LogP contribution in [0.3, 0.4) is 0 Å². The minimum Gasteiger partial charge on any atom is -0.361 e. The average Bonchev–Trinajstić information content (AvgIpc) is 3.22. The van der Waals surface area contributed by atoms with Crippen molar-refractivity contribution in [2.45, 2.75) is 38.5 Å². The number of Topliss-reactive ketones (excluding diaryl/α,β-unsaturated/α-hetero) is 1. The number of aromatic nitrogens is 1. The van der Waals surface area contributed by atoms with Gasteiger partial charge in [0.05, 0.1) is 5.56 Å². The number of ketones is 1. The molecule has 2 heterocycles. The lowest BCUT2D eigenvalue weighted by molar-refractivity contribution is 0.0788. The van der Waals surface area contributed by atoms with Crippen molar-refractivity contribution in [3.8, 4) is 0 Å². The molecule has 1 aliphatic rings. The maximum absolute atomic E-state index is 13.0. The lowest BCUT2D eigenvalue weighted by Gasteiger charge is -2.17. The quantitative estimate of drug-likeness (QED) is 0.768. The molecule has 7 nitrogen and oxygen atoms in total. The van der Waals surface area contributed by atoms with Gasteiger partial charge in [0.25, 0.3) is 15.9 Å². The Bertz CT molecular complexity index is 985. The van der Waals surface area contributed by atoms with E-state index in [1.807, 2.05) is 0 Å². The van der Waals surface area contributed by atoms with Crippen LogP contribution >= 0.6 is 0 Å². The van der Waals surface area contributed by atoms with Gasteiger partial charge in [-0.15, -0.1) is 0 Å². The second-order valence-electron chi connectivity index (χ2n) is 6.82. The van der Waals surface area contributed by atoms with Crippen LogP contribution in [0.15, 0.2) is 29.2 Å². The number of rotatable bonds is 5. The van der Waals surface area contributed by atoms with Crippen LogP contribution < -0.4 is 4.72 Å². The van der Waals surface area contributed by atoms with E-state index in [0.717, 1.165) is 12.8 Å². The summed E-state index contributed by atoms with van der Waals surface area (Å²) in [5.74, 6) is -0.360. The Hall–Kier alpha value is -2.61. The number of likely N-dealkylation sites (tertiary alicyclic amines) is 1. The van der Waals surface area contributed by atoms with Gasteiger partial charge in [0.2, 0.25) is 0 Å². The van der Waals surface area contributed by atoms with Gasteiger partial charge in [-0.25, -0.2) is 8.42 Å². The molecule has 1 aromatic carbocycles. The van der Waals surface area contributed by atoms with E-state index in [4.69, 9.17) is 0 Å². The van der Waals surface area contributed by atoms with Crippen LogP contribution in [0.4, 0.5) is 5.69 Å². The fourth-order valence-electron chi connectivity index (χ4n) is 3.41. The number of aryl methyl sites for hydroxylation is 2. The average molecular weight is 389 g/mol. The van der Waals surface area contributed by atoms with Crippen molar-refractivity contribution in [1.29, 1.82) is 0 Å². The molecule has 1 fully saturated rings. The van der Waals surface area contributed by atoms with Crippen LogP contribution in [0.1, 0.15) is 51.9 Å². The van der Waals surface area contributed by atoms with E-state index >= 15 is 0 Å². The smallest absolute Gasteiger partial charge is 0.264 e. The zero-order valence-corrected chi connectivity index (χ0v) is 16.4. The first-order valence-electron chi connectivity index (χ1n) is 8.83. The van der Waals surface area contributed by atoms with Gasteiger partial charge in [-0.05, 0) is 57.9 Å². The van der Waals surface area contributed by atoms with Gasteiger partial charge in [-0.3, -0.25) is 14.3 Å². The van der Waals surface area contributed by atoms with Gasteiger partial charge < -0.3 is 9.88 Å². The summed E-state index contributed by atoms with van der Waals surface area (Å²) in [5.41, 5.74) is 1.98. The van der Waals surface area contributed by atoms with Crippen LogP contribution in [0.5, 0.6) is 0 Å². The van der Waals surface area contributed by atoms with E-state index < -0.39 is 10.0 Å². The van der Waals surface area contributed by atoms with E-state index in [2.05, 4.69) is 9.71 Å². The van der Waals surface area contributed by atoms with Gasteiger partial charge in [-0.1, -0.05) is 0 Å². The lowest BCUT2D eigenvalue weighted by atomic mass is 10.1. The number of hydrogen-bond donors (Lipinski definition) is 2. The van der Waals surface area contributed by atoms with Crippen molar-refractivity contribution in [3.05, 3.63) is 46.8 Å². The zero-order chi connectivity index (χ0) is 19.8. The van der Waals surface area contributed by atoms with Crippen molar-refractivity contribution < 1.29 is 18.0 Å².